The third kappa shape index (κ3) is 5.19. The zero-order valence-corrected chi connectivity index (χ0v) is 17.0. The zero-order chi connectivity index (χ0) is 20.5. The van der Waals surface area contributed by atoms with Crippen LogP contribution in [0.1, 0.15) is 24.5 Å². The molecule has 0 saturated carbocycles. The Morgan fingerprint density at radius 3 is 2.00 bits per heavy atom. The van der Waals surface area contributed by atoms with Crippen LogP contribution in [-0.4, -0.2) is 40.9 Å². The fourth-order valence-electron chi connectivity index (χ4n) is 2.75. The molecule has 1 N–H and O–H groups in total. The van der Waals surface area contributed by atoms with Gasteiger partial charge < -0.3 is 24.3 Å². The van der Waals surface area contributed by atoms with Crippen LogP contribution in [0.3, 0.4) is 0 Å². The largest absolute Gasteiger partial charge is 0.497 e. The van der Waals surface area contributed by atoms with Gasteiger partial charge in [-0.05, 0) is 47.0 Å². The molecule has 28 heavy (non-hydrogen) atoms. The molecule has 0 heterocycles. The van der Waals surface area contributed by atoms with Crippen molar-refractivity contribution < 1.29 is 23.7 Å². The molecule has 0 aliphatic carbocycles. The first-order valence-corrected chi connectivity index (χ1v) is 8.97. The van der Waals surface area contributed by atoms with Crippen LogP contribution in [0.15, 0.2) is 36.4 Å². The number of carbonyl (C=O) groups is 1. The summed E-state index contributed by atoms with van der Waals surface area (Å²) in [6, 6.07) is 11.4. The van der Waals surface area contributed by atoms with E-state index in [1.54, 1.807) is 28.4 Å². The van der Waals surface area contributed by atoms with Gasteiger partial charge in [-0.1, -0.05) is 19.1 Å². The van der Waals surface area contributed by atoms with E-state index in [2.05, 4.69) is 5.32 Å². The van der Waals surface area contributed by atoms with E-state index in [0.717, 1.165) is 22.4 Å². The number of benzene rings is 2. The van der Waals surface area contributed by atoms with Crippen LogP contribution < -0.4 is 24.3 Å². The SMILES string of the molecule is CCC(=O)NC/C(=C/c1cc(OC)c(OC)c(OC)c1)c1ccc(OC)cc1. The van der Waals surface area contributed by atoms with Gasteiger partial charge in [0.2, 0.25) is 11.7 Å². The Morgan fingerprint density at radius 1 is 0.929 bits per heavy atom. The molecule has 2 rings (SSSR count). The second-order valence-corrected chi connectivity index (χ2v) is 5.99. The zero-order valence-electron chi connectivity index (χ0n) is 17.0. The van der Waals surface area contributed by atoms with Crippen molar-refractivity contribution in [2.75, 3.05) is 35.0 Å². The van der Waals surface area contributed by atoms with Crippen molar-refractivity contribution >= 4 is 17.6 Å². The van der Waals surface area contributed by atoms with Crippen LogP contribution in [0.25, 0.3) is 11.6 Å². The van der Waals surface area contributed by atoms with Gasteiger partial charge in [0, 0.05) is 13.0 Å². The topological polar surface area (TPSA) is 66.0 Å². The summed E-state index contributed by atoms with van der Waals surface area (Å²) in [5, 5.41) is 2.93. The molecule has 2 aromatic carbocycles. The summed E-state index contributed by atoms with van der Waals surface area (Å²) in [6.45, 7) is 2.22. The molecule has 1 amide bonds. The number of hydrogen-bond acceptors (Lipinski definition) is 5. The van der Waals surface area contributed by atoms with E-state index in [-0.39, 0.29) is 5.91 Å². The van der Waals surface area contributed by atoms with Crippen LogP contribution in [0, 0.1) is 0 Å². The van der Waals surface area contributed by atoms with Crippen molar-refractivity contribution in [2.24, 2.45) is 0 Å². The number of methoxy groups -OCH3 is 4. The molecule has 0 aromatic heterocycles. The minimum Gasteiger partial charge on any atom is -0.497 e. The van der Waals surface area contributed by atoms with Gasteiger partial charge in [-0.25, -0.2) is 0 Å². The van der Waals surface area contributed by atoms with Crippen molar-refractivity contribution in [3.05, 3.63) is 47.5 Å². The molecule has 0 atom stereocenters. The normalized spacial score (nSPS) is 11.0. The smallest absolute Gasteiger partial charge is 0.219 e. The van der Waals surface area contributed by atoms with E-state index in [1.165, 1.54) is 0 Å². The van der Waals surface area contributed by atoms with Gasteiger partial charge in [0.1, 0.15) is 5.75 Å². The lowest BCUT2D eigenvalue weighted by atomic mass is 10.0. The van der Waals surface area contributed by atoms with E-state index >= 15 is 0 Å². The van der Waals surface area contributed by atoms with Gasteiger partial charge in [-0.3, -0.25) is 4.79 Å². The molecule has 0 fully saturated rings. The standard InChI is InChI=1S/C22H27NO5/c1-6-21(24)23-14-17(16-7-9-18(25-2)10-8-16)11-15-12-19(26-3)22(28-5)20(13-15)27-4/h7-13H,6,14H2,1-5H3,(H,23,24)/b17-11-. The van der Waals surface area contributed by atoms with Gasteiger partial charge in [0.25, 0.3) is 0 Å². The van der Waals surface area contributed by atoms with Gasteiger partial charge in [0.15, 0.2) is 11.5 Å². The second-order valence-electron chi connectivity index (χ2n) is 5.99. The van der Waals surface area contributed by atoms with Crippen molar-refractivity contribution in [3.63, 3.8) is 0 Å². The predicted molar refractivity (Wildman–Crippen MR) is 110 cm³/mol. The lowest BCUT2D eigenvalue weighted by Gasteiger charge is -2.14. The molecular formula is C22H27NO5. The maximum Gasteiger partial charge on any atom is 0.219 e. The Hall–Kier alpha value is -3.15. The fraction of sp³-hybridized carbons (Fsp3) is 0.318. The van der Waals surface area contributed by atoms with Crippen molar-refractivity contribution in [1.82, 2.24) is 5.32 Å². The average molecular weight is 385 g/mol. The summed E-state index contributed by atoms with van der Waals surface area (Å²) in [6.07, 6.45) is 2.42. The van der Waals surface area contributed by atoms with E-state index < -0.39 is 0 Å². The van der Waals surface area contributed by atoms with Crippen LogP contribution in [-0.2, 0) is 4.79 Å². The Balaban J connectivity index is 2.48. The quantitative estimate of drug-likeness (QED) is 0.666. The summed E-state index contributed by atoms with van der Waals surface area (Å²) in [5.41, 5.74) is 2.79. The number of nitrogens with one attached hydrogen (secondary N) is 1. The summed E-state index contributed by atoms with van der Waals surface area (Å²) < 4.78 is 21.5. The number of rotatable bonds is 9. The number of carbonyl (C=O) groups excluding carboxylic acids is 1. The van der Waals surface area contributed by atoms with Gasteiger partial charge in [0.05, 0.1) is 28.4 Å². The average Bonchev–Trinajstić information content (AvgIpc) is 2.75. The summed E-state index contributed by atoms with van der Waals surface area (Å²) in [4.78, 5) is 11.8. The lowest BCUT2D eigenvalue weighted by Crippen LogP contribution is -2.24. The Labute approximate surface area is 166 Å². The van der Waals surface area contributed by atoms with Crippen LogP contribution in [0.5, 0.6) is 23.0 Å². The van der Waals surface area contributed by atoms with Crippen LogP contribution >= 0.6 is 0 Å². The molecule has 6 nitrogen and oxygen atoms in total. The molecule has 0 bridgehead atoms. The highest BCUT2D eigenvalue weighted by molar-refractivity contribution is 5.86. The maximum absolute atomic E-state index is 11.8. The third-order valence-corrected chi connectivity index (χ3v) is 4.29. The molecule has 0 spiro atoms. The highest BCUT2D eigenvalue weighted by Gasteiger charge is 2.13. The fourth-order valence-corrected chi connectivity index (χ4v) is 2.75. The van der Waals surface area contributed by atoms with Crippen LogP contribution in [0.4, 0.5) is 0 Å². The summed E-state index contributed by atoms with van der Waals surface area (Å²) in [7, 11) is 6.36. The molecule has 2 aromatic rings. The van der Waals surface area contributed by atoms with Crippen molar-refractivity contribution in [2.45, 2.75) is 13.3 Å². The first kappa shape index (κ1) is 21.2. The van der Waals surface area contributed by atoms with Crippen molar-refractivity contribution in [3.8, 4) is 23.0 Å². The number of amides is 1. The highest BCUT2D eigenvalue weighted by Crippen LogP contribution is 2.39. The first-order valence-electron chi connectivity index (χ1n) is 8.97. The number of hydrogen-bond donors (Lipinski definition) is 1. The maximum atomic E-state index is 11.8. The molecule has 0 radical (unpaired) electrons. The third-order valence-electron chi connectivity index (χ3n) is 4.29. The Morgan fingerprint density at radius 2 is 1.54 bits per heavy atom. The molecule has 6 heteroatoms. The first-order chi connectivity index (χ1) is 13.6. The molecule has 0 saturated heterocycles. The predicted octanol–water partition coefficient (Wildman–Crippen LogP) is 3.79. The molecule has 0 aliphatic rings. The second kappa shape index (κ2) is 10.3. The van der Waals surface area contributed by atoms with Crippen LogP contribution in [0.2, 0.25) is 0 Å². The molecule has 0 unspecified atom stereocenters. The molecule has 150 valence electrons. The summed E-state index contributed by atoms with van der Waals surface area (Å²) >= 11 is 0. The van der Waals surface area contributed by atoms with E-state index in [1.807, 2.05) is 49.4 Å². The minimum absolute atomic E-state index is 0.00990. The lowest BCUT2D eigenvalue weighted by molar-refractivity contribution is -0.120. The highest BCUT2D eigenvalue weighted by atomic mass is 16.5. The summed E-state index contributed by atoms with van der Waals surface area (Å²) in [5.74, 6) is 2.43. The molecular weight excluding hydrogens is 358 g/mol. The molecule has 0 aliphatic heterocycles. The van der Waals surface area contributed by atoms with Gasteiger partial charge >= 0.3 is 0 Å². The monoisotopic (exact) mass is 385 g/mol. The van der Waals surface area contributed by atoms with E-state index in [0.29, 0.717) is 30.2 Å². The van der Waals surface area contributed by atoms with Gasteiger partial charge in [-0.2, -0.15) is 0 Å². The van der Waals surface area contributed by atoms with Gasteiger partial charge in [-0.15, -0.1) is 0 Å². The van der Waals surface area contributed by atoms with E-state index in [4.69, 9.17) is 18.9 Å². The Kier molecular flexibility index (Phi) is 7.75. The minimum atomic E-state index is -0.00990. The van der Waals surface area contributed by atoms with Crippen molar-refractivity contribution in [1.29, 1.82) is 0 Å². The number of ether oxygens (including phenoxy) is 4. The van der Waals surface area contributed by atoms with E-state index in [9.17, 15) is 4.79 Å². The Bertz CT molecular complexity index is 802.